The van der Waals surface area contributed by atoms with Crippen LogP contribution < -0.4 is 4.74 Å². The van der Waals surface area contributed by atoms with E-state index < -0.39 is 6.16 Å². The highest BCUT2D eigenvalue weighted by atomic mass is 32.1. The molecule has 0 amide bonds. The Labute approximate surface area is 261 Å². The van der Waals surface area contributed by atoms with E-state index in [4.69, 9.17) is 14.2 Å². The molecule has 1 aromatic rings. The number of ether oxygens (including phenoxy) is 3. The molecule has 7 nitrogen and oxygen atoms in total. The molecule has 1 aliphatic rings. The second-order valence-electron chi connectivity index (χ2n) is 13.5. The van der Waals surface area contributed by atoms with Gasteiger partial charge in [-0.25, -0.2) is 4.79 Å². The molecule has 0 bridgehead atoms. The van der Waals surface area contributed by atoms with Crippen LogP contribution in [0.25, 0.3) is 5.57 Å². The summed E-state index contributed by atoms with van der Waals surface area (Å²) in [4.78, 5) is 12.8. The van der Waals surface area contributed by atoms with Gasteiger partial charge in [-0.1, -0.05) is 131 Å². The lowest BCUT2D eigenvalue weighted by atomic mass is 9.90. The largest absolute Gasteiger partial charge is 0.512 e. The SMILES string of the molecule is CCCCCCCCCCCCCCOC(=O)OC(C(C)(C)C)[N+]1(C)CCC=C(c2nsnc2OCCCCCC)C1. The summed E-state index contributed by atoms with van der Waals surface area (Å²) in [5.41, 5.74) is 1.69. The Morgan fingerprint density at radius 2 is 1.40 bits per heavy atom. The third-order valence-electron chi connectivity index (χ3n) is 8.29. The van der Waals surface area contributed by atoms with Crippen LogP contribution in [0, 0.1) is 5.41 Å². The first-order chi connectivity index (χ1) is 20.2. The molecule has 0 aliphatic carbocycles. The normalized spacial score (nSPS) is 18.0. The summed E-state index contributed by atoms with van der Waals surface area (Å²) in [5, 5.41) is 0. The first-order valence-electron chi connectivity index (χ1n) is 17.0. The zero-order valence-electron chi connectivity index (χ0n) is 27.9. The smallest absolute Gasteiger partial charge is 0.475 e. The summed E-state index contributed by atoms with van der Waals surface area (Å²) in [5.74, 6) is 0.631. The van der Waals surface area contributed by atoms with Crippen molar-refractivity contribution >= 4 is 23.5 Å². The van der Waals surface area contributed by atoms with Crippen molar-refractivity contribution < 1.29 is 23.5 Å². The van der Waals surface area contributed by atoms with E-state index >= 15 is 0 Å². The second kappa shape index (κ2) is 20.3. The molecule has 2 atom stereocenters. The average Bonchev–Trinajstić information content (AvgIpc) is 3.42. The zero-order chi connectivity index (χ0) is 30.7. The van der Waals surface area contributed by atoms with Gasteiger partial charge in [0, 0.05) is 12.0 Å². The van der Waals surface area contributed by atoms with E-state index in [0.717, 1.165) is 43.5 Å². The number of carbonyl (C=O) groups is 1. The highest BCUT2D eigenvalue weighted by Gasteiger charge is 2.46. The van der Waals surface area contributed by atoms with Gasteiger partial charge in [-0.05, 0) is 12.8 Å². The average molecular weight is 609 g/mol. The van der Waals surface area contributed by atoms with Crippen molar-refractivity contribution in [3.8, 4) is 5.88 Å². The monoisotopic (exact) mass is 608 g/mol. The highest BCUT2D eigenvalue weighted by molar-refractivity contribution is 6.99. The van der Waals surface area contributed by atoms with Crippen molar-refractivity contribution in [2.75, 3.05) is 33.4 Å². The maximum Gasteiger partial charge on any atom is 0.512 e. The number of nitrogens with zero attached hydrogens (tertiary/aromatic N) is 3. The fourth-order valence-corrected chi connectivity index (χ4v) is 6.60. The van der Waals surface area contributed by atoms with Gasteiger partial charge in [-0.2, -0.15) is 4.37 Å². The van der Waals surface area contributed by atoms with Gasteiger partial charge in [-0.15, -0.1) is 4.37 Å². The van der Waals surface area contributed by atoms with E-state index in [0.29, 0.717) is 30.1 Å². The van der Waals surface area contributed by atoms with Crippen LogP contribution in [0.15, 0.2) is 6.08 Å². The molecule has 42 heavy (non-hydrogen) atoms. The highest BCUT2D eigenvalue weighted by Crippen LogP contribution is 2.37. The standard InChI is InChI=1S/C34H62N3O4S/c1-7-9-11-13-14-15-16-17-18-19-20-22-27-40-33(38)41-32(34(3,4)5)37(6)25-23-24-29(28-37)30-31(36-42-35-30)39-26-21-12-10-8-2/h24,32H,7-23,25-28H2,1-6H3/q+1. The van der Waals surface area contributed by atoms with Crippen LogP contribution in [0.2, 0.25) is 0 Å². The summed E-state index contributed by atoms with van der Waals surface area (Å²) < 4.78 is 27.3. The molecule has 2 rings (SSSR count). The lowest BCUT2D eigenvalue weighted by molar-refractivity contribution is -0.954. The first kappa shape index (κ1) is 36.5. The van der Waals surface area contributed by atoms with E-state index in [1.807, 2.05) is 0 Å². The van der Waals surface area contributed by atoms with Gasteiger partial charge < -0.3 is 14.2 Å². The van der Waals surface area contributed by atoms with Crippen LogP contribution in [-0.2, 0) is 9.47 Å². The van der Waals surface area contributed by atoms with Crippen LogP contribution in [0.3, 0.4) is 0 Å². The molecule has 1 aliphatic heterocycles. The van der Waals surface area contributed by atoms with Crippen molar-refractivity contribution in [2.45, 2.75) is 150 Å². The van der Waals surface area contributed by atoms with Gasteiger partial charge in [-0.3, -0.25) is 4.48 Å². The Hall–Kier alpha value is -1.67. The Morgan fingerprint density at radius 3 is 2.00 bits per heavy atom. The number of likely N-dealkylation sites (N-methyl/N-ethyl adjacent to an activating group) is 1. The third-order valence-corrected chi connectivity index (χ3v) is 8.81. The van der Waals surface area contributed by atoms with E-state index in [-0.39, 0.29) is 11.6 Å². The molecule has 0 fully saturated rings. The third kappa shape index (κ3) is 13.7. The summed E-state index contributed by atoms with van der Waals surface area (Å²) in [7, 11) is 2.17. The van der Waals surface area contributed by atoms with Crippen molar-refractivity contribution in [3.63, 3.8) is 0 Å². The van der Waals surface area contributed by atoms with Crippen molar-refractivity contribution in [1.29, 1.82) is 0 Å². The summed E-state index contributed by atoms with van der Waals surface area (Å²) in [6, 6.07) is 0. The lowest BCUT2D eigenvalue weighted by Gasteiger charge is -2.47. The molecule has 0 radical (unpaired) electrons. The van der Waals surface area contributed by atoms with Gasteiger partial charge in [0.1, 0.15) is 12.2 Å². The Kier molecular flexibility index (Phi) is 17.7. The topological polar surface area (TPSA) is 70.5 Å². The molecule has 242 valence electrons. The molecule has 0 aromatic carbocycles. The van der Waals surface area contributed by atoms with Gasteiger partial charge in [0.25, 0.3) is 5.88 Å². The van der Waals surface area contributed by atoms with E-state index in [9.17, 15) is 4.79 Å². The molecule has 0 N–H and O–H groups in total. The molecule has 0 saturated heterocycles. The van der Waals surface area contributed by atoms with Crippen LogP contribution in [0.4, 0.5) is 4.79 Å². The molecule has 2 unspecified atom stereocenters. The van der Waals surface area contributed by atoms with Crippen LogP contribution >= 0.6 is 11.7 Å². The predicted octanol–water partition coefficient (Wildman–Crippen LogP) is 9.96. The molecular weight excluding hydrogens is 546 g/mol. The van der Waals surface area contributed by atoms with Crippen LogP contribution in [-0.4, -0.2) is 59.0 Å². The van der Waals surface area contributed by atoms with E-state index in [1.54, 1.807) is 0 Å². The van der Waals surface area contributed by atoms with Gasteiger partial charge in [0.2, 0.25) is 6.23 Å². The molecule has 8 heteroatoms. The molecular formula is C34H62N3O4S+. The van der Waals surface area contributed by atoms with E-state index in [2.05, 4.69) is 56.5 Å². The summed E-state index contributed by atoms with van der Waals surface area (Å²) in [6.45, 7) is 13.5. The van der Waals surface area contributed by atoms with E-state index in [1.165, 1.54) is 95.2 Å². The maximum absolute atomic E-state index is 12.8. The number of hydrogen-bond acceptors (Lipinski definition) is 7. The minimum absolute atomic E-state index is 0.259. The molecule has 0 saturated carbocycles. The molecule has 2 heterocycles. The number of hydrogen-bond donors (Lipinski definition) is 0. The van der Waals surface area contributed by atoms with Crippen molar-refractivity contribution in [1.82, 2.24) is 8.75 Å². The summed E-state index contributed by atoms with van der Waals surface area (Å²) >= 11 is 1.20. The minimum Gasteiger partial charge on any atom is -0.475 e. The quantitative estimate of drug-likeness (QED) is 0.0741. The minimum atomic E-state index is -0.556. The lowest BCUT2D eigenvalue weighted by Crippen LogP contribution is -2.61. The summed E-state index contributed by atoms with van der Waals surface area (Å²) in [6.07, 6.45) is 22.2. The molecule has 0 spiro atoms. The Bertz CT molecular complexity index is 898. The van der Waals surface area contributed by atoms with Gasteiger partial charge in [0.05, 0.1) is 43.9 Å². The van der Waals surface area contributed by atoms with Crippen molar-refractivity contribution in [3.05, 3.63) is 11.8 Å². The van der Waals surface area contributed by atoms with Gasteiger partial charge >= 0.3 is 6.16 Å². The van der Waals surface area contributed by atoms with Crippen LogP contribution in [0.5, 0.6) is 5.88 Å². The Balaban J connectivity index is 1.77. The number of aromatic nitrogens is 2. The fraction of sp³-hybridized carbons (Fsp3) is 0.853. The first-order valence-corrected chi connectivity index (χ1v) is 17.8. The number of carbonyl (C=O) groups excluding carboxylic acids is 1. The zero-order valence-corrected chi connectivity index (χ0v) is 28.7. The fourth-order valence-electron chi connectivity index (χ4n) is 6.07. The predicted molar refractivity (Wildman–Crippen MR) is 175 cm³/mol. The number of quaternary nitrogens is 1. The van der Waals surface area contributed by atoms with Gasteiger partial charge in [0.15, 0.2) is 0 Å². The second-order valence-corrected chi connectivity index (χ2v) is 14.1. The number of unbranched alkanes of at least 4 members (excludes halogenated alkanes) is 14. The molecule has 1 aromatic heterocycles. The Morgan fingerprint density at radius 1 is 0.857 bits per heavy atom. The van der Waals surface area contributed by atoms with Crippen molar-refractivity contribution in [2.24, 2.45) is 5.41 Å². The number of rotatable bonds is 22. The van der Waals surface area contributed by atoms with Crippen LogP contribution in [0.1, 0.15) is 149 Å². The maximum atomic E-state index is 12.8.